The first-order valence-corrected chi connectivity index (χ1v) is 4.64. The Morgan fingerprint density at radius 1 is 1.50 bits per heavy atom. The zero-order chi connectivity index (χ0) is 10.9. The van der Waals surface area contributed by atoms with Crippen LogP contribution in [0.3, 0.4) is 0 Å². The Bertz CT molecular complexity index is 376. The van der Waals surface area contributed by atoms with Gasteiger partial charge in [0.1, 0.15) is 5.82 Å². The highest BCUT2D eigenvalue weighted by molar-refractivity contribution is 5.05. The number of H-pyrrole nitrogens is 1. The van der Waals surface area contributed by atoms with E-state index in [4.69, 9.17) is 5.73 Å². The smallest absolute Gasteiger partial charge is 0.251 e. The van der Waals surface area contributed by atoms with Crippen LogP contribution in [-0.4, -0.2) is 9.97 Å². The molecule has 0 amide bonds. The van der Waals surface area contributed by atoms with Crippen LogP contribution < -0.4 is 11.3 Å². The van der Waals surface area contributed by atoms with Crippen LogP contribution in [0.4, 0.5) is 0 Å². The molecular formula is C10H17N3O. The van der Waals surface area contributed by atoms with E-state index < -0.39 is 0 Å². The summed E-state index contributed by atoms with van der Waals surface area (Å²) in [7, 11) is 0. The fourth-order valence-electron chi connectivity index (χ4n) is 1.16. The molecule has 1 heterocycles. The van der Waals surface area contributed by atoms with Crippen molar-refractivity contribution in [3.8, 4) is 0 Å². The first-order chi connectivity index (χ1) is 6.30. The van der Waals surface area contributed by atoms with Crippen molar-refractivity contribution >= 4 is 0 Å². The second-order valence-corrected chi connectivity index (χ2v) is 4.62. The van der Waals surface area contributed by atoms with Crippen LogP contribution in [0.5, 0.6) is 0 Å². The molecule has 0 fully saturated rings. The highest BCUT2D eigenvalue weighted by Crippen LogP contribution is 2.27. The third kappa shape index (κ3) is 2.42. The molecule has 1 rings (SSSR count). The molecule has 14 heavy (non-hydrogen) atoms. The third-order valence-electron chi connectivity index (χ3n) is 2.12. The van der Waals surface area contributed by atoms with Gasteiger partial charge in [-0.2, -0.15) is 0 Å². The van der Waals surface area contributed by atoms with Gasteiger partial charge in [0.2, 0.25) is 0 Å². The van der Waals surface area contributed by atoms with Crippen LogP contribution >= 0.6 is 0 Å². The lowest BCUT2D eigenvalue weighted by Crippen LogP contribution is -2.30. The topological polar surface area (TPSA) is 71.8 Å². The number of nitrogens with zero attached hydrogens (tertiary/aromatic N) is 1. The van der Waals surface area contributed by atoms with Gasteiger partial charge in [0.05, 0.1) is 6.04 Å². The Morgan fingerprint density at radius 2 is 2.07 bits per heavy atom. The van der Waals surface area contributed by atoms with Gasteiger partial charge in [-0.15, -0.1) is 0 Å². The predicted octanol–water partition coefficient (Wildman–Crippen LogP) is 1.12. The van der Waals surface area contributed by atoms with E-state index in [0.29, 0.717) is 11.5 Å². The summed E-state index contributed by atoms with van der Waals surface area (Å²) >= 11 is 0. The summed E-state index contributed by atoms with van der Waals surface area (Å²) in [4.78, 5) is 18.1. The fraction of sp³-hybridized carbons (Fsp3) is 0.600. The average molecular weight is 195 g/mol. The zero-order valence-electron chi connectivity index (χ0n) is 9.09. The maximum atomic E-state index is 11.2. The van der Waals surface area contributed by atoms with Gasteiger partial charge in [0.15, 0.2) is 0 Å². The molecular weight excluding hydrogens is 178 g/mol. The quantitative estimate of drug-likeness (QED) is 0.705. The van der Waals surface area contributed by atoms with Crippen molar-refractivity contribution in [3.63, 3.8) is 0 Å². The minimum atomic E-state index is -0.255. The normalized spacial score (nSPS) is 14.1. The fourth-order valence-corrected chi connectivity index (χ4v) is 1.16. The van der Waals surface area contributed by atoms with E-state index in [-0.39, 0.29) is 17.0 Å². The zero-order valence-corrected chi connectivity index (χ0v) is 9.09. The predicted molar refractivity (Wildman–Crippen MR) is 56.0 cm³/mol. The van der Waals surface area contributed by atoms with Crippen molar-refractivity contribution in [2.24, 2.45) is 11.1 Å². The number of nitrogens with one attached hydrogen (secondary N) is 1. The summed E-state index contributed by atoms with van der Waals surface area (Å²) in [6.07, 6.45) is 0. The van der Waals surface area contributed by atoms with E-state index >= 15 is 0 Å². The second kappa shape index (κ2) is 3.53. The van der Waals surface area contributed by atoms with Crippen molar-refractivity contribution in [1.29, 1.82) is 0 Å². The van der Waals surface area contributed by atoms with Gasteiger partial charge >= 0.3 is 0 Å². The number of hydrogen-bond acceptors (Lipinski definition) is 3. The van der Waals surface area contributed by atoms with Crippen molar-refractivity contribution in [2.45, 2.75) is 33.7 Å². The molecule has 0 spiro atoms. The molecule has 0 saturated carbocycles. The summed E-state index contributed by atoms with van der Waals surface area (Å²) in [6, 6.07) is 1.20. The summed E-state index contributed by atoms with van der Waals surface area (Å²) in [5, 5.41) is 0. The first kappa shape index (κ1) is 10.9. The van der Waals surface area contributed by atoms with Crippen LogP contribution in [0.15, 0.2) is 10.9 Å². The molecule has 1 aromatic heterocycles. The van der Waals surface area contributed by atoms with Crippen LogP contribution in [-0.2, 0) is 0 Å². The molecule has 78 valence electrons. The Balaban J connectivity index is 3.14. The SMILES string of the molecule is Cc1cc(=O)[nH]c(C(N)C(C)(C)C)n1. The van der Waals surface area contributed by atoms with E-state index in [2.05, 4.69) is 9.97 Å². The lowest BCUT2D eigenvalue weighted by molar-refractivity contribution is 0.314. The molecule has 3 N–H and O–H groups in total. The molecule has 0 saturated heterocycles. The Kier molecular flexibility index (Phi) is 2.76. The Morgan fingerprint density at radius 3 is 2.50 bits per heavy atom. The highest BCUT2D eigenvalue weighted by atomic mass is 16.1. The molecule has 0 aliphatic carbocycles. The van der Waals surface area contributed by atoms with E-state index in [1.807, 2.05) is 20.8 Å². The minimum absolute atomic E-state index is 0.107. The minimum Gasteiger partial charge on any atom is -0.321 e. The summed E-state index contributed by atoms with van der Waals surface area (Å²) in [5.74, 6) is 0.558. The van der Waals surface area contributed by atoms with Crippen molar-refractivity contribution in [1.82, 2.24) is 9.97 Å². The van der Waals surface area contributed by atoms with Crippen LogP contribution in [0.25, 0.3) is 0 Å². The molecule has 0 aromatic carbocycles. The summed E-state index contributed by atoms with van der Waals surface area (Å²) < 4.78 is 0. The number of aromatic nitrogens is 2. The molecule has 1 atom stereocenters. The molecule has 1 unspecified atom stereocenters. The van der Waals surface area contributed by atoms with Crippen molar-refractivity contribution in [3.05, 3.63) is 27.9 Å². The summed E-state index contributed by atoms with van der Waals surface area (Å²) in [5.41, 5.74) is 6.42. The molecule has 4 nitrogen and oxygen atoms in total. The Labute approximate surface area is 83.6 Å². The van der Waals surface area contributed by atoms with Crippen LogP contribution in [0, 0.1) is 12.3 Å². The molecule has 1 aromatic rings. The standard InChI is InChI=1S/C10H17N3O/c1-6-5-7(14)13-9(12-6)8(11)10(2,3)4/h5,8H,11H2,1-4H3,(H,12,13,14). The van der Waals surface area contributed by atoms with Crippen molar-refractivity contribution < 1.29 is 0 Å². The van der Waals surface area contributed by atoms with Gasteiger partial charge in [0.25, 0.3) is 5.56 Å². The molecule has 4 heteroatoms. The highest BCUT2D eigenvalue weighted by Gasteiger charge is 2.24. The number of hydrogen-bond donors (Lipinski definition) is 2. The number of rotatable bonds is 1. The monoisotopic (exact) mass is 195 g/mol. The van der Waals surface area contributed by atoms with Gasteiger partial charge in [-0.05, 0) is 12.3 Å². The third-order valence-corrected chi connectivity index (χ3v) is 2.12. The number of aryl methyl sites for hydroxylation is 1. The van der Waals surface area contributed by atoms with E-state index in [1.54, 1.807) is 6.92 Å². The maximum absolute atomic E-state index is 11.2. The van der Waals surface area contributed by atoms with E-state index in [1.165, 1.54) is 6.07 Å². The largest absolute Gasteiger partial charge is 0.321 e. The Hall–Kier alpha value is -1.16. The second-order valence-electron chi connectivity index (χ2n) is 4.62. The lowest BCUT2D eigenvalue weighted by Gasteiger charge is -2.25. The van der Waals surface area contributed by atoms with Crippen LogP contribution in [0.1, 0.15) is 38.3 Å². The van der Waals surface area contributed by atoms with Crippen molar-refractivity contribution in [2.75, 3.05) is 0 Å². The molecule has 0 aliphatic rings. The molecule has 0 bridgehead atoms. The number of nitrogens with two attached hydrogens (primary N) is 1. The van der Waals surface area contributed by atoms with E-state index in [9.17, 15) is 4.79 Å². The van der Waals surface area contributed by atoms with Gasteiger partial charge in [-0.1, -0.05) is 20.8 Å². The van der Waals surface area contributed by atoms with Gasteiger partial charge < -0.3 is 10.7 Å². The van der Waals surface area contributed by atoms with Gasteiger partial charge in [-0.3, -0.25) is 4.79 Å². The van der Waals surface area contributed by atoms with Gasteiger partial charge in [-0.25, -0.2) is 4.98 Å². The first-order valence-electron chi connectivity index (χ1n) is 4.64. The van der Waals surface area contributed by atoms with Crippen LogP contribution in [0.2, 0.25) is 0 Å². The number of aromatic amines is 1. The molecule has 0 aliphatic heterocycles. The van der Waals surface area contributed by atoms with E-state index in [0.717, 1.165) is 0 Å². The molecule has 0 radical (unpaired) electrons. The maximum Gasteiger partial charge on any atom is 0.251 e. The lowest BCUT2D eigenvalue weighted by atomic mass is 9.87. The van der Waals surface area contributed by atoms with Gasteiger partial charge in [0, 0.05) is 11.8 Å². The average Bonchev–Trinajstić information content (AvgIpc) is 1.99. The summed E-state index contributed by atoms with van der Waals surface area (Å²) in [6.45, 7) is 7.83.